The first-order valence-electron chi connectivity index (χ1n) is 7.64. The lowest BCUT2D eigenvalue weighted by Gasteiger charge is -2.14. The van der Waals surface area contributed by atoms with Crippen LogP contribution in [-0.4, -0.2) is 23.6 Å². The Hall–Kier alpha value is -2.24. The highest BCUT2D eigenvalue weighted by molar-refractivity contribution is 6.15. The van der Waals surface area contributed by atoms with Crippen LogP contribution in [0, 0.1) is 17.8 Å². The fourth-order valence-electron chi connectivity index (χ4n) is 3.37. The molecule has 0 bridgehead atoms. The number of carbonyl (C=O) groups excluding carboxylic acids is 4. The maximum absolute atomic E-state index is 11.1. The van der Waals surface area contributed by atoms with Crippen molar-refractivity contribution in [1.29, 1.82) is 0 Å². The van der Waals surface area contributed by atoms with Gasteiger partial charge in [-0.2, -0.15) is 0 Å². The number of amides is 4. The lowest BCUT2D eigenvalue weighted by molar-refractivity contribution is -0.127. The molecule has 2 saturated heterocycles. The van der Waals surface area contributed by atoms with Crippen molar-refractivity contribution in [3.8, 4) is 0 Å². The second kappa shape index (κ2) is 5.87. The Morgan fingerprint density at radius 1 is 0.909 bits per heavy atom. The van der Waals surface area contributed by atoms with E-state index >= 15 is 0 Å². The second-order valence-corrected chi connectivity index (χ2v) is 5.95. The zero-order valence-electron chi connectivity index (χ0n) is 12.1. The first-order chi connectivity index (χ1) is 10.6. The maximum Gasteiger partial charge on any atom is 0.254 e. The van der Waals surface area contributed by atoms with E-state index in [2.05, 4.69) is 10.6 Å². The molecule has 4 aliphatic rings. The number of carbonyl (C=O) groups is 4. The predicted molar refractivity (Wildman–Crippen MR) is 77.1 cm³/mol. The van der Waals surface area contributed by atoms with Gasteiger partial charge in [0.25, 0.3) is 5.91 Å². The molecule has 0 spiro atoms. The number of allylic oxidation sites excluding steroid dienone is 2. The molecule has 6 nitrogen and oxygen atoms in total. The Balaban J connectivity index is 0.000000131. The van der Waals surface area contributed by atoms with E-state index in [1.807, 2.05) is 18.2 Å². The van der Waals surface area contributed by atoms with Crippen LogP contribution in [-0.2, 0) is 19.2 Å². The molecule has 0 aromatic heterocycles. The molecule has 116 valence electrons. The third-order valence-electron chi connectivity index (χ3n) is 4.56. The zero-order chi connectivity index (χ0) is 15.7. The molecule has 2 aliphatic carbocycles. The fraction of sp³-hybridized carbons (Fsp3) is 0.500. The van der Waals surface area contributed by atoms with Crippen molar-refractivity contribution >= 4 is 23.6 Å². The topological polar surface area (TPSA) is 92.3 Å². The molecule has 2 aliphatic heterocycles. The van der Waals surface area contributed by atoms with Crippen molar-refractivity contribution in [1.82, 2.24) is 10.6 Å². The van der Waals surface area contributed by atoms with E-state index in [1.165, 1.54) is 0 Å². The molecule has 6 heteroatoms. The van der Waals surface area contributed by atoms with Crippen molar-refractivity contribution in [3.63, 3.8) is 0 Å². The van der Waals surface area contributed by atoms with E-state index in [0.717, 1.165) is 32.1 Å². The summed E-state index contributed by atoms with van der Waals surface area (Å²) in [6.07, 6.45) is 10.2. The summed E-state index contributed by atoms with van der Waals surface area (Å²) >= 11 is 0. The summed E-state index contributed by atoms with van der Waals surface area (Å²) in [7, 11) is 0. The smallest absolute Gasteiger partial charge is 0.254 e. The summed E-state index contributed by atoms with van der Waals surface area (Å²) < 4.78 is 0. The van der Waals surface area contributed by atoms with Gasteiger partial charge < -0.3 is 0 Å². The molecule has 0 saturated carbocycles. The van der Waals surface area contributed by atoms with Gasteiger partial charge in [-0.15, -0.1) is 0 Å². The van der Waals surface area contributed by atoms with Crippen LogP contribution >= 0.6 is 0 Å². The quantitative estimate of drug-likeness (QED) is 0.506. The minimum Gasteiger partial charge on any atom is -0.296 e. The monoisotopic (exact) mass is 302 g/mol. The molecule has 0 radical (unpaired) electrons. The van der Waals surface area contributed by atoms with Gasteiger partial charge in [0.2, 0.25) is 17.7 Å². The van der Waals surface area contributed by atoms with Gasteiger partial charge in [-0.1, -0.05) is 18.2 Å². The molecule has 4 amide bonds. The van der Waals surface area contributed by atoms with Crippen molar-refractivity contribution in [3.05, 3.63) is 23.8 Å². The number of hydrogen-bond acceptors (Lipinski definition) is 4. The van der Waals surface area contributed by atoms with Crippen molar-refractivity contribution in [2.24, 2.45) is 17.8 Å². The Labute approximate surface area is 128 Å². The Kier molecular flexibility index (Phi) is 3.92. The first kappa shape index (κ1) is 14.7. The van der Waals surface area contributed by atoms with E-state index < -0.39 is 0 Å². The molecule has 2 N–H and O–H groups in total. The van der Waals surface area contributed by atoms with Gasteiger partial charge in [-0.05, 0) is 32.1 Å². The number of imide groups is 2. The Morgan fingerprint density at radius 2 is 1.73 bits per heavy atom. The lowest BCUT2D eigenvalue weighted by atomic mass is 9.86. The highest BCUT2D eigenvalue weighted by Crippen LogP contribution is 2.29. The molecular weight excluding hydrogens is 284 g/mol. The van der Waals surface area contributed by atoms with Crippen molar-refractivity contribution < 1.29 is 19.2 Å². The zero-order valence-corrected chi connectivity index (χ0v) is 12.1. The van der Waals surface area contributed by atoms with Crippen LogP contribution in [0.5, 0.6) is 0 Å². The standard InChI is InChI=1S/2C8H9NO2/c2*10-7-5-3-1-2-4-6(5)8(11)9-7/h3,6H,1-2,4H2,(H,9,10,11);1,3,5-6H,2,4H2,(H,9,10,11). The van der Waals surface area contributed by atoms with Gasteiger partial charge in [0.15, 0.2) is 0 Å². The van der Waals surface area contributed by atoms with Crippen LogP contribution in [0.1, 0.15) is 32.1 Å². The summed E-state index contributed by atoms with van der Waals surface area (Å²) in [5, 5.41) is 4.64. The number of hydrogen-bond donors (Lipinski definition) is 2. The van der Waals surface area contributed by atoms with Crippen LogP contribution in [0.2, 0.25) is 0 Å². The van der Waals surface area contributed by atoms with Gasteiger partial charge in [0, 0.05) is 5.57 Å². The van der Waals surface area contributed by atoms with Crippen molar-refractivity contribution in [2.45, 2.75) is 32.1 Å². The molecule has 0 aromatic carbocycles. The van der Waals surface area contributed by atoms with Gasteiger partial charge in [0.1, 0.15) is 0 Å². The molecule has 3 unspecified atom stereocenters. The summed E-state index contributed by atoms with van der Waals surface area (Å²) in [4.78, 5) is 44.2. The first-order valence-corrected chi connectivity index (χ1v) is 7.64. The highest BCUT2D eigenvalue weighted by Gasteiger charge is 2.40. The van der Waals surface area contributed by atoms with E-state index in [1.54, 1.807) is 0 Å². The maximum atomic E-state index is 11.1. The number of fused-ring (bicyclic) bond motifs is 2. The summed E-state index contributed by atoms with van der Waals surface area (Å²) in [5.74, 6) is -0.888. The lowest BCUT2D eigenvalue weighted by Crippen LogP contribution is -2.21. The van der Waals surface area contributed by atoms with Gasteiger partial charge >= 0.3 is 0 Å². The van der Waals surface area contributed by atoms with E-state index in [-0.39, 0.29) is 41.4 Å². The van der Waals surface area contributed by atoms with Crippen LogP contribution < -0.4 is 10.6 Å². The summed E-state index contributed by atoms with van der Waals surface area (Å²) in [6, 6.07) is 0. The normalized spacial score (nSPS) is 32.4. The Morgan fingerprint density at radius 3 is 2.45 bits per heavy atom. The van der Waals surface area contributed by atoms with Crippen LogP contribution in [0.4, 0.5) is 0 Å². The molecule has 0 aromatic rings. The van der Waals surface area contributed by atoms with Gasteiger partial charge in [-0.25, -0.2) is 0 Å². The van der Waals surface area contributed by atoms with Gasteiger partial charge in [-0.3, -0.25) is 29.8 Å². The fourth-order valence-corrected chi connectivity index (χ4v) is 3.37. The predicted octanol–water partition coefficient (Wildman–Crippen LogP) is 0.594. The largest absolute Gasteiger partial charge is 0.296 e. The third-order valence-corrected chi connectivity index (χ3v) is 4.56. The third kappa shape index (κ3) is 2.61. The highest BCUT2D eigenvalue weighted by atomic mass is 16.2. The molecule has 4 rings (SSSR count). The van der Waals surface area contributed by atoms with E-state index in [0.29, 0.717) is 5.57 Å². The summed E-state index contributed by atoms with van der Waals surface area (Å²) in [6.45, 7) is 0. The molecule has 2 heterocycles. The number of nitrogens with one attached hydrogen (secondary N) is 2. The van der Waals surface area contributed by atoms with Crippen LogP contribution in [0.25, 0.3) is 0 Å². The Bertz CT molecular complexity index is 599. The van der Waals surface area contributed by atoms with E-state index in [9.17, 15) is 19.2 Å². The van der Waals surface area contributed by atoms with Crippen LogP contribution in [0.3, 0.4) is 0 Å². The minimum absolute atomic E-state index is 0.0764. The molecule has 3 atom stereocenters. The minimum atomic E-state index is -0.181. The van der Waals surface area contributed by atoms with E-state index in [4.69, 9.17) is 0 Å². The second-order valence-electron chi connectivity index (χ2n) is 5.95. The molecule has 2 fully saturated rings. The molecule has 22 heavy (non-hydrogen) atoms. The summed E-state index contributed by atoms with van der Waals surface area (Å²) in [5.41, 5.74) is 0.696. The van der Waals surface area contributed by atoms with Crippen LogP contribution in [0.15, 0.2) is 23.8 Å². The average Bonchev–Trinajstić information content (AvgIpc) is 2.99. The molecular formula is C16H18N2O4. The SMILES string of the molecule is O=C1NC(=O)C2CCC=CC12.O=C1NC(=O)C2CCCC=C12. The van der Waals surface area contributed by atoms with Gasteiger partial charge in [0.05, 0.1) is 17.8 Å². The number of rotatable bonds is 0. The van der Waals surface area contributed by atoms with Crippen molar-refractivity contribution in [2.75, 3.05) is 0 Å². The average molecular weight is 302 g/mol.